The van der Waals surface area contributed by atoms with E-state index in [4.69, 9.17) is 16.1 Å². The van der Waals surface area contributed by atoms with E-state index in [1.807, 2.05) is 41.8 Å². The van der Waals surface area contributed by atoms with Gasteiger partial charge in [0.05, 0.1) is 11.6 Å². The molecule has 0 aliphatic heterocycles. The summed E-state index contributed by atoms with van der Waals surface area (Å²) in [6, 6.07) is 14.8. The summed E-state index contributed by atoms with van der Waals surface area (Å²) in [5.74, 6) is 0.143. The third kappa shape index (κ3) is 4.13. The molecule has 5 nitrogen and oxygen atoms in total. The summed E-state index contributed by atoms with van der Waals surface area (Å²) in [5, 5.41) is 19.8. The van der Waals surface area contributed by atoms with Gasteiger partial charge in [-0.3, -0.25) is 4.79 Å². The molecule has 148 valence electrons. The fourth-order valence-corrected chi connectivity index (χ4v) is 4.94. The Morgan fingerprint density at radius 3 is 2.79 bits per heavy atom. The normalized spacial score (nSPS) is 12.1. The predicted molar refractivity (Wildman–Crippen MR) is 116 cm³/mol. The molecule has 1 atom stereocenters. The zero-order chi connectivity index (χ0) is 20.4. The zero-order valence-corrected chi connectivity index (χ0v) is 17.8. The molecular formula is C21H17ClN2O3S2. The van der Waals surface area contributed by atoms with Crippen LogP contribution in [0.2, 0.25) is 5.02 Å². The van der Waals surface area contributed by atoms with E-state index in [0.29, 0.717) is 34.1 Å². The lowest BCUT2D eigenvalue weighted by molar-refractivity contribution is 0.0950. The smallest absolute Gasteiger partial charge is 0.257 e. The number of carbonyl (C=O) groups excluding carboxylic acids is 1. The predicted octanol–water partition coefficient (Wildman–Crippen LogP) is 5.44. The number of aliphatic hydroxyl groups excluding tert-OH is 1. The van der Waals surface area contributed by atoms with Crippen molar-refractivity contribution in [1.82, 2.24) is 10.5 Å². The fourth-order valence-electron chi connectivity index (χ4n) is 2.96. The van der Waals surface area contributed by atoms with Crippen molar-refractivity contribution < 1.29 is 14.4 Å². The SMILES string of the molecule is Cc1onc(-c2ccccc2Cl)c1C(=O)NCc1ccc(C(O)c2cccs2)s1. The molecular weight excluding hydrogens is 428 g/mol. The standard InChI is InChI=1S/C21H17ClN2O3S2/c1-12-18(19(24-27-12)14-5-2-3-6-15(14)22)21(26)23-11-13-8-9-17(29-13)20(25)16-7-4-10-28-16/h2-10,20,25H,11H2,1H3,(H,23,26). The molecule has 4 rings (SSSR count). The van der Waals surface area contributed by atoms with Crippen LogP contribution in [-0.2, 0) is 6.54 Å². The highest BCUT2D eigenvalue weighted by atomic mass is 35.5. The van der Waals surface area contributed by atoms with E-state index in [-0.39, 0.29) is 5.91 Å². The Kier molecular flexibility index (Phi) is 5.82. The fraction of sp³-hybridized carbons (Fsp3) is 0.143. The van der Waals surface area contributed by atoms with Crippen LogP contribution in [-0.4, -0.2) is 16.2 Å². The molecule has 1 aromatic carbocycles. The number of hydrogen-bond donors (Lipinski definition) is 2. The average Bonchev–Trinajstić information content (AvgIpc) is 3.47. The molecule has 1 unspecified atom stereocenters. The summed E-state index contributed by atoms with van der Waals surface area (Å²) in [6.07, 6.45) is -0.642. The number of amides is 1. The number of carbonyl (C=O) groups is 1. The number of nitrogens with zero attached hydrogens (tertiary/aromatic N) is 1. The second-order valence-corrected chi connectivity index (χ2v) is 8.93. The number of halogens is 1. The van der Waals surface area contributed by atoms with E-state index >= 15 is 0 Å². The van der Waals surface area contributed by atoms with Crippen LogP contribution in [0.4, 0.5) is 0 Å². The van der Waals surface area contributed by atoms with Crippen LogP contribution in [0.5, 0.6) is 0 Å². The monoisotopic (exact) mass is 444 g/mol. The van der Waals surface area contributed by atoms with Crippen LogP contribution in [0.25, 0.3) is 11.3 Å². The van der Waals surface area contributed by atoms with Crippen molar-refractivity contribution in [2.24, 2.45) is 0 Å². The number of benzene rings is 1. The van der Waals surface area contributed by atoms with Crippen LogP contribution in [0.15, 0.2) is 58.4 Å². The van der Waals surface area contributed by atoms with Gasteiger partial charge in [0.15, 0.2) is 0 Å². The van der Waals surface area contributed by atoms with Crippen molar-refractivity contribution >= 4 is 40.2 Å². The van der Waals surface area contributed by atoms with Crippen LogP contribution < -0.4 is 5.32 Å². The maximum absolute atomic E-state index is 12.8. The molecule has 0 bridgehead atoms. The van der Waals surface area contributed by atoms with E-state index in [9.17, 15) is 9.90 Å². The van der Waals surface area contributed by atoms with Gasteiger partial charge < -0.3 is 14.9 Å². The minimum Gasteiger partial charge on any atom is -0.382 e. The Bertz CT molecular complexity index is 1130. The largest absolute Gasteiger partial charge is 0.382 e. The number of thiophene rings is 2. The first kappa shape index (κ1) is 19.8. The molecule has 0 saturated heterocycles. The average molecular weight is 445 g/mol. The number of hydrogen-bond acceptors (Lipinski definition) is 6. The van der Waals surface area contributed by atoms with Gasteiger partial charge in [-0.2, -0.15) is 0 Å². The number of aliphatic hydroxyl groups is 1. The Hall–Kier alpha value is -2.45. The molecule has 1 amide bonds. The number of nitrogens with one attached hydrogen (secondary N) is 1. The molecule has 3 heterocycles. The van der Waals surface area contributed by atoms with Crippen molar-refractivity contribution in [1.29, 1.82) is 0 Å². The second kappa shape index (κ2) is 8.51. The summed E-state index contributed by atoms with van der Waals surface area (Å²) in [7, 11) is 0. The summed E-state index contributed by atoms with van der Waals surface area (Å²) in [6.45, 7) is 2.04. The van der Waals surface area contributed by atoms with Gasteiger partial charge in [-0.15, -0.1) is 22.7 Å². The quantitative estimate of drug-likeness (QED) is 0.415. The maximum atomic E-state index is 12.8. The van der Waals surface area contributed by atoms with Crippen LogP contribution >= 0.6 is 34.3 Å². The molecule has 8 heteroatoms. The van der Waals surface area contributed by atoms with Gasteiger partial charge in [0, 0.05) is 20.2 Å². The van der Waals surface area contributed by atoms with Gasteiger partial charge in [0.2, 0.25) is 0 Å². The topological polar surface area (TPSA) is 75.4 Å². The lowest BCUT2D eigenvalue weighted by Gasteiger charge is -2.06. The molecule has 0 saturated carbocycles. The third-order valence-electron chi connectivity index (χ3n) is 4.41. The van der Waals surface area contributed by atoms with E-state index in [1.54, 1.807) is 19.1 Å². The van der Waals surface area contributed by atoms with Gasteiger partial charge in [-0.1, -0.05) is 41.0 Å². The zero-order valence-electron chi connectivity index (χ0n) is 15.4. The number of aromatic nitrogens is 1. The van der Waals surface area contributed by atoms with Crippen molar-refractivity contribution in [3.05, 3.63) is 84.9 Å². The van der Waals surface area contributed by atoms with Gasteiger partial charge in [-0.05, 0) is 36.6 Å². The lowest BCUT2D eigenvalue weighted by Crippen LogP contribution is -2.23. The van der Waals surface area contributed by atoms with Crippen molar-refractivity contribution in [3.8, 4) is 11.3 Å². The molecule has 0 spiro atoms. The summed E-state index contributed by atoms with van der Waals surface area (Å²) < 4.78 is 5.26. The Labute approximate surface area is 180 Å². The van der Waals surface area contributed by atoms with Crippen molar-refractivity contribution in [2.75, 3.05) is 0 Å². The maximum Gasteiger partial charge on any atom is 0.257 e. The minimum atomic E-state index is -0.642. The second-order valence-electron chi connectivity index (χ2n) is 6.35. The van der Waals surface area contributed by atoms with Gasteiger partial charge in [0.25, 0.3) is 5.91 Å². The first-order valence-electron chi connectivity index (χ1n) is 8.84. The highest BCUT2D eigenvalue weighted by Crippen LogP contribution is 2.32. The molecule has 4 aromatic rings. The Morgan fingerprint density at radius 1 is 1.21 bits per heavy atom. The number of aryl methyl sites for hydroxylation is 1. The molecule has 2 N–H and O–H groups in total. The summed E-state index contributed by atoms with van der Waals surface area (Å²) in [4.78, 5) is 15.5. The molecule has 0 radical (unpaired) electrons. The van der Waals surface area contributed by atoms with Crippen molar-refractivity contribution in [2.45, 2.75) is 19.6 Å². The van der Waals surface area contributed by atoms with Crippen molar-refractivity contribution in [3.63, 3.8) is 0 Å². The molecule has 29 heavy (non-hydrogen) atoms. The Morgan fingerprint density at radius 2 is 2.03 bits per heavy atom. The van der Waals surface area contributed by atoms with Crippen LogP contribution in [0, 0.1) is 6.92 Å². The highest BCUT2D eigenvalue weighted by molar-refractivity contribution is 7.12. The van der Waals surface area contributed by atoms with Crippen LogP contribution in [0.1, 0.15) is 36.9 Å². The highest BCUT2D eigenvalue weighted by Gasteiger charge is 2.23. The molecule has 0 aliphatic rings. The Balaban J connectivity index is 1.49. The summed E-state index contributed by atoms with van der Waals surface area (Å²) in [5.41, 5.74) is 1.44. The molecule has 0 fully saturated rings. The van der Waals surface area contributed by atoms with E-state index in [0.717, 1.165) is 14.6 Å². The van der Waals surface area contributed by atoms with Crippen LogP contribution in [0.3, 0.4) is 0 Å². The van der Waals surface area contributed by atoms with E-state index < -0.39 is 6.10 Å². The third-order valence-corrected chi connectivity index (χ3v) is 6.80. The number of rotatable bonds is 6. The molecule has 3 aromatic heterocycles. The van der Waals surface area contributed by atoms with E-state index in [1.165, 1.54) is 22.7 Å². The van der Waals surface area contributed by atoms with Gasteiger partial charge in [0.1, 0.15) is 23.1 Å². The van der Waals surface area contributed by atoms with E-state index in [2.05, 4.69) is 10.5 Å². The minimum absolute atomic E-state index is 0.285. The van der Waals surface area contributed by atoms with Gasteiger partial charge in [-0.25, -0.2) is 0 Å². The van der Waals surface area contributed by atoms with Gasteiger partial charge >= 0.3 is 0 Å². The molecule has 0 aliphatic carbocycles. The lowest BCUT2D eigenvalue weighted by atomic mass is 10.1. The first-order chi connectivity index (χ1) is 14.0. The first-order valence-corrected chi connectivity index (χ1v) is 10.9. The summed E-state index contributed by atoms with van der Waals surface area (Å²) >= 11 is 9.24.